The van der Waals surface area contributed by atoms with Crippen molar-refractivity contribution in [3.63, 3.8) is 0 Å². The molecule has 1 heterocycles. The number of hydrogen-bond acceptors (Lipinski definition) is 1. The maximum Gasteiger partial charge on any atom is 0.264 e. The number of fused-ring (bicyclic) bond motifs is 1. The minimum Gasteiger partial charge on any atom is -0.271 e. The Balaban J connectivity index is 2.13. The van der Waals surface area contributed by atoms with Crippen LogP contribution in [-0.2, 0) is 0 Å². The smallest absolute Gasteiger partial charge is 0.264 e. The van der Waals surface area contributed by atoms with E-state index >= 15 is 0 Å². The highest BCUT2D eigenvalue weighted by Crippen LogP contribution is 2.21. The quantitative estimate of drug-likeness (QED) is 0.650. The molecule has 94 valence electrons. The van der Waals surface area contributed by atoms with Crippen LogP contribution in [0.25, 0.3) is 22.0 Å². The molecule has 3 rings (SSSR count). The molecular formula is C17H16NO+. The fourth-order valence-electron chi connectivity index (χ4n) is 2.25. The molecule has 19 heavy (non-hydrogen) atoms. The van der Waals surface area contributed by atoms with Crippen molar-refractivity contribution in [3.8, 4) is 11.3 Å². The van der Waals surface area contributed by atoms with Gasteiger partial charge in [-0.05, 0) is 35.9 Å². The van der Waals surface area contributed by atoms with Gasteiger partial charge >= 0.3 is 0 Å². The number of aromatic nitrogens is 1. The number of hydrogen-bond donors (Lipinski definition) is 0. The zero-order chi connectivity index (χ0) is 13.1. The minimum atomic E-state index is 0.648. The summed E-state index contributed by atoms with van der Waals surface area (Å²) in [6, 6.07) is 20.9. The molecular weight excluding hydrogens is 234 g/mol. The Morgan fingerprint density at radius 2 is 1.68 bits per heavy atom. The predicted molar refractivity (Wildman–Crippen MR) is 76.7 cm³/mol. The summed E-state index contributed by atoms with van der Waals surface area (Å²) in [6.45, 7) is 2.64. The van der Waals surface area contributed by atoms with Gasteiger partial charge < -0.3 is 0 Å². The van der Waals surface area contributed by atoms with Crippen LogP contribution in [0.15, 0.2) is 66.9 Å². The third-order valence-corrected chi connectivity index (χ3v) is 3.14. The third-order valence-electron chi connectivity index (χ3n) is 3.14. The maximum atomic E-state index is 5.62. The van der Waals surface area contributed by atoms with Crippen LogP contribution in [0.3, 0.4) is 0 Å². The van der Waals surface area contributed by atoms with Crippen LogP contribution < -0.4 is 9.57 Å². The van der Waals surface area contributed by atoms with Gasteiger partial charge in [0.2, 0.25) is 6.20 Å². The summed E-state index contributed by atoms with van der Waals surface area (Å²) in [5.74, 6) is 0. The molecule has 0 saturated heterocycles. The Labute approximate surface area is 112 Å². The highest BCUT2D eigenvalue weighted by Gasteiger charge is 2.13. The van der Waals surface area contributed by atoms with E-state index in [0.29, 0.717) is 6.61 Å². The summed E-state index contributed by atoms with van der Waals surface area (Å²) in [7, 11) is 0. The van der Waals surface area contributed by atoms with Crippen molar-refractivity contribution in [2.45, 2.75) is 6.92 Å². The average Bonchev–Trinajstić information content (AvgIpc) is 2.48. The molecule has 0 unspecified atom stereocenters. The summed E-state index contributed by atoms with van der Waals surface area (Å²) >= 11 is 0. The lowest BCUT2D eigenvalue weighted by molar-refractivity contribution is -0.882. The first-order chi connectivity index (χ1) is 9.38. The Hall–Kier alpha value is -2.35. The van der Waals surface area contributed by atoms with Crippen molar-refractivity contribution in [1.82, 2.24) is 0 Å². The Morgan fingerprint density at radius 1 is 0.895 bits per heavy atom. The van der Waals surface area contributed by atoms with Crippen molar-refractivity contribution in [3.05, 3.63) is 66.9 Å². The molecule has 2 nitrogen and oxygen atoms in total. The lowest BCUT2D eigenvalue weighted by Gasteiger charge is -2.03. The van der Waals surface area contributed by atoms with Gasteiger partial charge in [-0.2, -0.15) is 0 Å². The molecule has 0 amide bonds. The van der Waals surface area contributed by atoms with Crippen molar-refractivity contribution < 1.29 is 9.57 Å². The van der Waals surface area contributed by atoms with E-state index in [0.717, 1.165) is 11.3 Å². The van der Waals surface area contributed by atoms with Gasteiger partial charge in [0.1, 0.15) is 0 Å². The second-order valence-electron chi connectivity index (χ2n) is 4.39. The molecule has 0 radical (unpaired) electrons. The van der Waals surface area contributed by atoms with Crippen LogP contribution in [0.1, 0.15) is 6.92 Å². The fourth-order valence-corrected chi connectivity index (χ4v) is 2.25. The Bertz CT molecular complexity index is 706. The second kappa shape index (κ2) is 5.11. The Kier molecular flexibility index (Phi) is 3.15. The lowest BCUT2D eigenvalue weighted by Crippen LogP contribution is -2.44. The van der Waals surface area contributed by atoms with E-state index in [-0.39, 0.29) is 0 Å². The number of nitrogens with zero attached hydrogens (tertiary/aromatic N) is 1. The average molecular weight is 250 g/mol. The first-order valence-corrected chi connectivity index (χ1v) is 6.51. The van der Waals surface area contributed by atoms with Crippen molar-refractivity contribution in [1.29, 1.82) is 0 Å². The second-order valence-corrected chi connectivity index (χ2v) is 4.39. The van der Waals surface area contributed by atoms with Crippen LogP contribution >= 0.6 is 0 Å². The van der Waals surface area contributed by atoms with E-state index in [1.165, 1.54) is 10.8 Å². The highest BCUT2D eigenvalue weighted by molar-refractivity contribution is 5.86. The molecule has 0 fully saturated rings. The number of pyridine rings is 1. The van der Waals surface area contributed by atoms with Gasteiger partial charge in [-0.1, -0.05) is 30.3 Å². The monoisotopic (exact) mass is 250 g/mol. The molecule has 1 aromatic heterocycles. The maximum absolute atomic E-state index is 5.62. The zero-order valence-corrected chi connectivity index (χ0v) is 10.9. The van der Waals surface area contributed by atoms with E-state index in [1.54, 1.807) is 0 Å². The molecule has 0 aliphatic rings. The minimum absolute atomic E-state index is 0.648. The van der Waals surface area contributed by atoms with Gasteiger partial charge in [-0.3, -0.25) is 4.84 Å². The van der Waals surface area contributed by atoms with E-state index in [2.05, 4.69) is 48.5 Å². The van der Waals surface area contributed by atoms with Crippen molar-refractivity contribution in [2.75, 3.05) is 6.61 Å². The molecule has 2 aromatic carbocycles. The first kappa shape index (κ1) is 11.7. The molecule has 0 aliphatic carbocycles. The Morgan fingerprint density at radius 3 is 2.53 bits per heavy atom. The predicted octanol–water partition coefficient (Wildman–Crippen LogP) is 3.24. The van der Waals surface area contributed by atoms with Gasteiger partial charge in [0, 0.05) is 16.9 Å². The van der Waals surface area contributed by atoms with Crippen LogP contribution in [0, 0.1) is 0 Å². The highest BCUT2D eigenvalue weighted by atomic mass is 16.7. The van der Waals surface area contributed by atoms with Crippen LogP contribution in [-0.4, -0.2) is 6.61 Å². The van der Waals surface area contributed by atoms with E-state index in [4.69, 9.17) is 4.84 Å². The normalized spacial score (nSPS) is 10.6. The molecule has 0 bridgehead atoms. The largest absolute Gasteiger partial charge is 0.271 e. The van der Waals surface area contributed by atoms with Gasteiger partial charge in [0.05, 0.1) is 5.56 Å². The topological polar surface area (TPSA) is 13.1 Å². The molecule has 0 spiro atoms. The molecule has 0 N–H and O–H groups in total. The molecule has 0 saturated carbocycles. The van der Waals surface area contributed by atoms with Gasteiger partial charge in [0.15, 0.2) is 6.61 Å². The van der Waals surface area contributed by atoms with E-state index in [9.17, 15) is 0 Å². The molecule has 2 heteroatoms. The molecule has 0 aliphatic heterocycles. The summed E-state index contributed by atoms with van der Waals surface area (Å²) in [5.41, 5.74) is 2.22. The van der Waals surface area contributed by atoms with E-state index in [1.807, 2.05) is 30.0 Å². The molecule has 3 aromatic rings. The van der Waals surface area contributed by atoms with Crippen LogP contribution in [0.2, 0.25) is 0 Å². The van der Waals surface area contributed by atoms with Crippen LogP contribution in [0.4, 0.5) is 0 Å². The van der Waals surface area contributed by atoms with Crippen molar-refractivity contribution in [2.24, 2.45) is 0 Å². The van der Waals surface area contributed by atoms with Gasteiger partial charge in [-0.15, -0.1) is 0 Å². The zero-order valence-electron chi connectivity index (χ0n) is 10.9. The fraction of sp³-hybridized carbons (Fsp3) is 0.118. The first-order valence-electron chi connectivity index (χ1n) is 6.51. The third kappa shape index (κ3) is 2.29. The SMILES string of the molecule is CCO[n+]1ccccc1-c1ccc2ccccc2c1. The summed E-state index contributed by atoms with van der Waals surface area (Å²) < 4.78 is 1.82. The molecule has 0 atom stereocenters. The van der Waals surface area contributed by atoms with E-state index < -0.39 is 0 Å². The lowest BCUT2D eigenvalue weighted by atomic mass is 10.0. The summed E-state index contributed by atoms with van der Waals surface area (Å²) in [6.07, 6.45) is 1.94. The van der Waals surface area contributed by atoms with Gasteiger partial charge in [-0.25, -0.2) is 0 Å². The standard InChI is InChI=1S/C17H16NO/c1-2-19-18-12-6-5-9-17(18)16-11-10-14-7-3-4-8-15(14)13-16/h3-13H,2H2,1H3/q+1. The summed E-state index contributed by atoms with van der Waals surface area (Å²) in [4.78, 5) is 5.62. The van der Waals surface area contributed by atoms with Crippen molar-refractivity contribution >= 4 is 10.8 Å². The van der Waals surface area contributed by atoms with Crippen LogP contribution in [0.5, 0.6) is 0 Å². The number of benzene rings is 2. The summed E-state index contributed by atoms with van der Waals surface area (Å²) in [5, 5.41) is 2.50. The number of rotatable bonds is 3. The van der Waals surface area contributed by atoms with Gasteiger partial charge in [0.25, 0.3) is 5.69 Å².